The van der Waals surface area contributed by atoms with E-state index in [1.807, 2.05) is 0 Å². The Bertz CT molecular complexity index is 721. The molecule has 1 amide bonds. The number of para-hydroxylation sites is 1. The van der Waals surface area contributed by atoms with Crippen molar-refractivity contribution in [1.82, 2.24) is 5.48 Å². The van der Waals surface area contributed by atoms with Crippen LogP contribution in [0.4, 0.5) is 10.1 Å². The van der Waals surface area contributed by atoms with Crippen LogP contribution in [-0.4, -0.2) is 24.2 Å². The van der Waals surface area contributed by atoms with Crippen molar-refractivity contribution in [2.24, 2.45) is 5.41 Å². The Morgan fingerprint density at radius 2 is 1.96 bits per heavy atom. The lowest BCUT2D eigenvalue weighted by Gasteiger charge is -2.20. The number of anilines is 1. The number of nitrogens with two attached hydrogens (primary N) is 1. The van der Waals surface area contributed by atoms with Crippen molar-refractivity contribution in [2.75, 3.05) is 18.9 Å². The van der Waals surface area contributed by atoms with Crippen LogP contribution in [0.15, 0.2) is 42.5 Å². The van der Waals surface area contributed by atoms with E-state index in [9.17, 15) is 9.18 Å². The van der Waals surface area contributed by atoms with Gasteiger partial charge in [0.05, 0.1) is 24.5 Å². The number of aliphatic hydroxyl groups is 1. The smallest absolute Gasteiger partial charge is 0.277 e. The van der Waals surface area contributed by atoms with E-state index in [0.29, 0.717) is 0 Å². The average Bonchev–Trinajstić information content (AvgIpc) is 2.57. The molecule has 2 aromatic rings. The second kappa shape index (κ2) is 10.4. The minimum atomic E-state index is -0.654. The Labute approximate surface area is 166 Å². The van der Waals surface area contributed by atoms with Gasteiger partial charge in [-0.05, 0) is 53.8 Å². The summed E-state index contributed by atoms with van der Waals surface area (Å²) in [6.07, 6.45) is 0. The quantitative estimate of drug-likeness (QED) is 0.351. The zero-order valence-corrected chi connectivity index (χ0v) is 17.2. The molecule has 0 bridgehead atoms. The number of benzene rings is 2. The van der Waals surface area contributed by atoms with E-state index >= 15 is 0 Å². The average molecular weight is 474 g/mol. The predicted octanol–water partition coefficient (Wildman–Crippen LogP) is 3.69. The number of hydrogen-bond acceptors (Lipinski definition) is 4. The summed E-state index contributed by atoms with van der Waals surface area (Å²) in [5.41, 5.74) is 8.24. The molecule has 0 unspecified atom stereocenters. The van der Waals surface area contributed by atoms with Gasteiger partial charge in [0.1, 0.15) is 5.82 Å². The molecule has 2 aromatic carbocycles. The van der Waals surface area contributed by atoms with E-state index in [1.54, 1.807) is 13.8 Å². The summed E-state index contributed by atoms with van der Waals surface area (Å²) >= 11 is 2.31. The van der Waals surface area contributed by atoms with Crippen molar-refractivity contribution >= 4 is 34.2 Å². The summed E-state index contributed by atoms with van der Waals surface area (Å²) in [4.78, 5) is 16.6. The van der Waals surface area contributed by atoms with E-state index in [-0.39, 0.29) is 24.5 Å². The molecule has 0 atom stereocenters. The van der Waals surface area contributed by atoms with Gasteiger partial charge in [-0.25, -0.2) is 9.87 Å². The lowest BCUT2D eigenvalue weighted by atomic mass is 9.97. The first-order chi connectivity index (χ1) is 12.2. The molecule has 0 aliphatic rings. The maximum Gasteiger partial charge on any atom is 0.277 e. The highest BCUT2D eigenvalue weighted by Crippen LogP contribution is 2.16. The molecule has 0 aliphatic carbocycles. The molecule has 0 fully saturated rings. The Morgan fingerprint density at radius 3 is 2.50 bits per heavy atom. The molecule has 0 radical (unpaired) electrons. The van der Waals surface area contributed by atoms with Gasteiger partial charge in [0.2, 0.25) is 0 Å². The van der Waals surface area contributed by atoms with Crippen LogP contribution in [-0.2, 0) is 4.84 Å². The van der Waals surface area contributed by atoms with E-state index in [0.717, 1.165) is 0 Å². The second-order valence-electron chi connectivity index (χ2n) is 6.54. The third-order valence-electron chi connectivity index (χ3n) is 3.33. The Kier molecular flexibility index (Phi) is 8.97. The van der Waals surface area contributed by atoms with Gasteiger partial charge in [0.15, 0.2) is 0 Å². The van der Waals surface area contributed by atoms with Crippen molar-refractivity contribution in [3.8, 4) is 0 Å². The molecule has 0 saturated heterocycles. The summed E-state index contributed by atoms with van der Waals surface area (Å²) in [6.45, 7) is 5.70. The Morgan fingerprint density at radius 1 is 1.31 bits per heavy atom. The van der Waals surface area contributed by atoms with Crippen molar-refractivity contribution in [2.45, 2.75) is 20.8 Å². The van der Waals surface area contributed by atoms with Gasteiger partial charge >= 0.3 is 0 Å². The summed E-state index contributed by atoms with van der Waals surface area (Å²) < 4.78 is 14.4. The molecule has 0 aliphatic heterocycles. The number of aliphatic hydroxyl groups excluding tert-OH is 1. The number of hydrogen-bond donors (Lipinski definition) is 3. The van der Waals surface area contributed by atoms with Crippen molar-refractivity contribution in [3.05, 3.63) is 63.0 Å². The van der Waals surface area contributed by atoms with E-state index in [2.05, 4.69) is 59.3 Å². The minimum Gasteiger partial charge on any atom is -0.396 e. The standard InChI is InChI=1S/C12H17FN2O3.C7H7I/c1-12(2,6-16)7-18-15-11(17)8-4-3-5-9(13)10(8)14;1-6-3-2-4-7(8)5-6/h3-5,16H,6-7,14H2,1-2H3,(H,15,17);2-5H,1H3. The predicted molar refractivity (Wildman–Crippen MR) is 109 cm³/mol. The number of aryl methyl sites for hydroxylation is 1. The van der Waals surface area contributed by atoms with Gasteiger partial charge < -0.3 is 10.8 Å². The molecule has 142 valence electrons. The van der Waals surface area contributed by atoms with Crippen LogP contribution in [0.1, 0.15) is 29.8 Å². The van der Waals surface area contributed by atoms with Crippen molar-refractivity contribution in [1.29, 1.82) is 0 Å². The lowest BCUT2D eigenvalue weighted by molar-refractivity contribution is -0.0197. The van der Waals surface area contributed by atoms with Crippen LogP contribution < -0.4 is 11.2 Å². The summed E-state index contributed by atoms with van der Waals surface area (Å²) in [7, 11) is 0. The van der Waals surface area contributed by atoms with Crippen LogP contribution in [0.25, 0.3) is 0 Å². The zero-order chi connectivity index (χ0) is 19.7. The number of hydroxylamine groups is 1. The van der Waals surface area contributed by atoms with Gasteiger partial charge in [-0.1, -0.05) is 37.6 Å². The molecule has 4 N–H and O–H groups in total. The van der Waals surface area contributed by atoms with Crippen LogP contribution in [0, 0.1) is 21.7 Å². The first-order valence-electron chi connectivity index (χ1n) is 7.95. The number of halogens is 2. The van der Waals surface area contributed by atoms with Gasteiger partial charge in [-0.15, -0.1) is 0 Å². The molecule has 0 spiro atoms. The molecule has 0 heterocycles. The van der Waals surface area contributed by atoms with Gasteiger partial charge in [-0.3, -0.25) is 9.63 Å². The van der Waals surface area contributed by atoms with Crippen LogP contribution >= 0.6 is 22.6 Å². The number of carbonyl (C=O) groups is 1. The van der Waals surface area contributed by atoms with Crippen molar-refractivity contribution < 1.29 is 19.1 Å². The summed E-state index contributed by atoms with van der Waals surface area (Å²) in [6, 6.07) is 12.4. The van der Waals surface area contributed by atoms with Gasteiger partial charge in [0.25, 0.3) is 5.91 Å². The molecule has 7 heteroatoms. The third kappa shape index (κ3) is 7.67. The summed E-state index contributed by atoms with van der Waals surface area (Å²) in [5, 5.41) is 8.99. The first-order valence-corrected chi connectivity index (χ1v) is 9.03. The Balaban J connectivity index is 0.000000350. The monoisotopic (exact) mass is 474 g/mol. The van der Waals surface area contributed by atoms with Crippen molar-refractivity contribution in [3.63, 3.8) is 0 Å². The highest BCUT2D eigenvalue weighted by molar-refractivity contribution is 14.1. The highest BCUT2D eigenvalue weighted by atomic mass is 127. The molecule has 26 heavy (non-hydrogen) atoms. The van der Waals surface area contributed by atoms with Gasteiger partial charge in [-0.2, -0.15) is 0 Å². The maximum absolute atomic E-state index is 13.1. The molecule has 0 aromatic heterocycles. The van der Waals surface area contributed by atoms with Crippen LogP contribution in [0.3, 0.4) is 0 Å². The number of nitrogen functional groups attached to an aromatic ring is 1. The number of nitrogens with one attached hydrogen (secondary N) is 1. The SMILES string of the molecule is CC(C)(CO)CONC(=O)c1cccc(F)c1N.Cc1cccc(I)c1. The van der Waals surface area contributed by atoms with E-state index in [1.165, 1.54) is 27.3 Å². The third-order valence-corrected chi connectivity index (χ3v) is 4.00. The van der Waals surface area contributed by atoms with Crippen LogP contribution in [0.2, 0.25) is 0 Å². The van der Waals surface area contributed by atoms with Gasteiger partial charge in [0, 0.05) is 8.99 Å². The topological polar surface area (TPSA) is 84.6 Å². The first kappa shape index (κ1) is 22.3. The highest BCUT2D eigenvalue weighted by Gasteiger charge is 2.18. The minimum absolute atomic E-state index is 0.0109. The normalized spacial score (nSPS) is 10.7. The van der Waals surface area contributed by atoms with Crippen LogP contribution in [0.5, 0.6) is 0 Å². The largest absolute Gasteiger partial charge is 0.396 e. The number of amides is 1. The molecular weight excluding hydrogens is 450 g/mol. The fourth-order valence-electron chi connectivity index (χ4n) is 1.74. The Hall–Kier alpha value is -1.71. The molecule has 0 saturated carbocycles. The summed E-state index contributed by atoms with van der Waals surface area (Å²) in [5.74, 6) is -1.28. The number of rotatable bonds is 5. The number of carbonyl (C=O) groups excluding carboxylic acids is 1. The molecular formula is C19H24FIN2O3. The molecule has 2 rings (SSSR count). The lowest BCUT2D eigenvalue weighted by Crippen LogP contribution is -2.32. The maximum atomic E-state index is 13.1. The fraction of sp³-hybridized carbons (Fsp3) is 0.316. The van der Waals surface area contributed by atoms with E-state index < -0.39 is 17.1 Å². The second-order valence-corrected chi connectivity index (χ2v) is 7.79. The van der Waals surface area contributed by atoms with E-state index in [4.69, 9.17) is 15.7 Å². The fourth-order valence-corrected chi connectivity index (χ4v) is 2.44. The zero-order valence-electron chi connectivity index (χ0n) is 15.1. The molecule has 5 nitrogen and oxygen atoms in total.